The molecule has 5 nitrogen and oxygen atoms in total. The first kappa shape index (κ1) is 21.6. The second kappa shape index (κ2) is 8.46. The van der Waals surface area contributed by atoms with Gasteiger partial charge in [-0.3, -0.25) is 9.36 Å². The second-order valence-corrected chi connectivity index (χ2v) is 10.5. The zero-order valence-electron chi connectivity index (χ0n) is 17.9. The van der Waals surface area contributed by atoms with Crippen molar-refractivity contribution in [3.8, 4) is 5.69 Å². The molecule has 4 rings (SSSR count). The zero-order chi connectivity index (χ0) is 21.5. The Morgan fingerprint density at radius 1 is 1.30 bits per heavy atom. The number of hydrogen-bond acceptors (Lipinski definition) is 6. The van der Waals surface area contributed by atoms with Crippen LogP contribution in [0.25, 0.3) is 15.9 Å². The van der Waals surface area contributed by atoms with Crippen molar-refractivity contribution in [2.75, 3.05) is 19.5 Å². The Morgan fingerprint density at radius 3 is 2.80 bits per heavy atom. The lowest BCUT2D eigenvalue weighted by atomic mass is 9.97. The lowest BCUT2D eigenvalue weighted by Gasteiger charge is -2.22. The fourth-order valence-electron chi connectivity index (χ4n) is 4.12. The smallest absolute Gasteiger partial charge is 0.267 e. The van der Waals surface area contributed by atoms with E-state index >= 15 is 0 Å². The molecule has 2 aromatic heterocycles. The van der Waals surface area contributed by atoms with Gasteiger partial charge in [-0.1, -0.05) is 29.5 Å². The number of aromatic nitrogens is 2. The number of methoxy groups -OCH3 is 1. The van der Waals surface area contributed by atoms with Crippen molar-refractivity contribution in [2.45, 2.75) is 57.2 Å². The molecule has 2 heterocycles. The molecule has 1 atom stereocenters. The number of aliphatic hydroxyl groups is 1. The number of benzene rings is 1. The largest absolute Gasteiger partial charge is 0.387 e. The van der Waals surface area contributed by atoms with Crippen molar-refractivity contribution in [2.24, 2.45) is 0 Å². The molecule has 0 saturated carbocycles. The number of aryl methyl sites for hydroxylation is 4. The van der Waals surface area contributed by atoms with Gasteiger partial charge in [-0.05, 0) is 63.6 Å². The predicted octanol–water partition coefficient (Wildman–Crippen LogP) is 4.43. The molecule has 1 unspecified atom stereocenters. The van der Waals surface area contributed by atoms with Crippen molar-refractivity contribution in [3.63, 3.8) is 0 Å². The SMILES string of the molecule is COCC(C)(O)CSc1nc2sc3c(c2c(=O)n1-c1ccc(C)cc1C)CCCC3. The van der Waals surface area contributed by atoms with Crippen molar-refractivity contribution < 1.29 is 9.84 Å². The van der Waals surface area contributed by atoms with E-state index < -0.39 is 5.60 Å². The van der Waals surface area contributed by atoms with Gasteiger partial charge in [0.1, 0.15) is 4.83 Å². The molecule has 30 heavy (non-hydrogen) atoms. The third-order valence-corrected chi connectivity index (χ3v) is 8.00. The van der Waals surface area contributed by atoms with Gasteiger partial charge in [-0.2, -0.15) is 0 Å². The minimum absolute atomic E-state index is 0.000220. The Labute approximate surface area is 185 Å². The molecule has 0 fully saturated rings. The summed E-state index contributed by atoms with van der Waals surface area (Å²) in [7, 11) is 1.57. The predicted molar refractivity (Wildman–Crippen MR) is 125 cm³/mol. The van der Waals surface area contributed by atoms with Crippen LogP contribution < -0.4 is 5.56 Å². The van der Waals surface area contributed by atoms with Gasteiger partial charge in [0.15, 0.2) is 5.16 Å². The monoisotopic (exact) mass is 444 g/mol. The number of thiophene rings is 1. The first-order valence-corrected chi connectivity index (χ1v) is 12.1. The third-order valence-electron chi connectivity index (χ3n) is 5.52. The molecule has 0 saturated heterocycles. The first-order valence-electron chi connectivity index (χ1n) is 10.3. The number of hydrogen-bond donors (Lipinski definition) is 1. The Morgan fingerprint density at radius 2 is 2.07 bits per heavy atom. The van der Waals surface area contributed by atoms with Crippen LogP contribution in [0.1, 0.15) is 41.3 Å². The van der Waals surface area contributed by atoms with Crippen LogP contribution in [0.3, 0.4) is 0 Å². The van der Waals surface area contributed by atoms with Crippen LogP contribution in [0.2, 0.25) is 0 Å². The third kappa shape index (κ3) is 4.08. The standard InChI is InChI=1S/C23H28N2O3S2/c1-14-9-10-17(15(2)11-14)25-21(26)19-16-7-5-6-8-18(16)30-20(19)24-22(25)29-13-23(3,27)12-28-4/h9-11,27H,5-8,12-13H2,1-4H3. The maximum absolute atomic E-state index is 13.8. The Kier molecular flexibility index (Phi) is 6.08. The molecule has 0 amide bonds. The quantitative estimate of drug-likeness (QED) is 0.450. The second-order valence-electron chi connectivity index (χ2n) is 8.43. The molecule has 1 aliphatic rings. The van der Waals surface area contributed by atoms with E-state index in [-0.39, 0.29) is 12.2 Å². The number of nitrogens with zero attached hydrogens (tertiary/aromatic N) is 2. The molecule has 7 heteroatoms. The van der Waals surface area contributed by atoms with Crippen LogP contribution in [-0.4, -0.2) is 39.7 Å². The van der Waals surface area contributed by atoms with Gasteiger partial charge >= 0.3 is 0 Å². The molecule has 0 bridgehead atoms. The molecule has 1 aromatic carbocycles. The van der Waals surface area contributed by atoms with Crippen molar-refractivity contribution in [3.05, 3.63) is 50.1 Å². The van der Waals surface area contributed by atoms with E-state index in [2.05, 4.69) is 6.07 Å². The number of fused-ring (bicyclic) bond motifs is 3. The fourth-order valence-corrected chi connectivity index (χ4v) is 6.42. The normalized spacial score (nSPS) is 15.9. The van der Waals surface area contributed by atoms with E-state index in [0.29, 0.717) is 10.9 Å². The van der Waals surface area contributed by atoms with Crippen LogP contribution in [0.5, 0.6) is 0 Å². The Balaban J connectivity index is 1.91. The van der Waals surface area contributed by atoms with E-state index in [0.717, 1.165) is 46.3 Å². The average molecular weight is 445 g/mol. The molecule has 0 radical (unpaired) electrons. The summed E-state index contributed by atoms with van der Waals surface area (Å²) >= 11 is 3.06. The summed E-state index contributed by atoms with van der Waals surface area (Å²) in [5.41, 5.74) is 3.23. The summed E-state index contributed by atoms with van der Waals surface area (Å²) in [6.07, 6.45) is 4.28. The summed E-state index contributed by atoms with van der Waals surface area (Å²) in [5, 5.41) is 12.0. The zero-order valence-corrected chi connectivity index (χ0v) is 19.6. The molecule has 0 aliphatic heterocycles. The summed E-state index contributed by atoms with van der Waals surface area (Å²) < 4.78 is 6.88. The molecular formula is C23H28N2O3S2. The van der Waals surface area contributed by atoms with E-state index in [1.807, 2.05) is 26.0 Å². The highest BCUT2D eigenvalue weighted by Gasteiger charge is 2.26. The lowest BCUT2D eigenvalue weighted by molar-refractivity contribution is 0.00173. The molecule has 1 N–H and O–H groups in total. The Bertz CT molecular complexity index is 1150. The van der Waals surface area contributed by atoms with E-state index in [4.69, 9.17) is 9.72 Å². The highest BCUT2D eigenvalue weighted by Crippen LogP contribution is 2.36. The van der Waals surface area contributed by atoms with Gasteiger partial charge in [0.05, 0.1) is 23.3 Å². The topological polar surface area (TPSA) is 64.3 Å². The van der Waals surface area contributed by atoms with Gasteiger partial charge in [-0.25, -0.2) is 4.98 Å². The molecular weight excluding hydrogens is 416 g/mol. The van der Waals surface area contributed by atoms with Crippen LogP contribution in [0.15, 0.2) is 28.2 Å². The molecule has 3 aromatic rings. The Hall–Kier alpha value is -1.67. The minimum atomic E-state index is -1.01. The number of rotatable bonds is 6. The highest BCUT2D eigenvalue weighted by molar-refractivity contribution is 7.99. The summed E-state index contributed by atoms with van der Waals surface area (Å²) in [6.45, 7) is 6.04. The number of thioether (sulfide) groups is 1. The van der Waals surface area contributed by atoms with Crippen LogP contribution in [0, 0.1) is 13.8 Å². The fraction of sp³-hybridized carbons (Fsp3) is 0.478. The van der Waals surface area contributed by atoms with E-state index in [1.165, 1.54) is 28.6 Å². The molecule has 0 spiro atoms. The molecule has 1 aliphatic carbocycles. The van der Waals surface area contributed by atoms with Crippen LogP contribution in [0.4, 0.5) is 0 Å². The highest BCUT2D eigenvalue weighted by atomic mass is 32.2. The first-order chi connectivity index (χ1) is 14.3. The van der Waals surface area contributed by atoms with E-state index in [1.54, 1.807) is 29.9 Å². The van der Waals surface area contributed by atoms with Gasteiger partial charge < -0.3 is 9.84 Å². The van der Waals surface area contributed by atoms with Crippen molar-refractivity contribution in [1.29, 1.82) is 0 Å². The van der Waals surface area contributed by atoms with Crippen molar-refractivity contribution in [1.82, 2.24) is 9.55 Å². The maximum atomic E-state index is 13.8. The average Bonchev–Trinajstić information content (AvgIpc) is 3.06. The van der Waals surface area contributed by atoms with Gasteiger partial charge in [0.25, 0.3) is 5.56 Å². The van der Waals surface area contributed by atoms with E-state index in [9.17, 15) is 9.90 Å². The van der Waals surface area contributed by atoms with Gasteiger partial charge in [0.2, 0.25) is 0 Å². The van der Waals surface area contributed by atoms with Crippen LogP contribution in [-0.2, 0) is 17.6 Å². The summed E-state index contributed by atoms with van der Waals surface area (Å²) in [4.78, 5) is 20.9. The maximum Gasteiger partial charge on any atom is 0.267 e. The molecule has 160 valence electrons. The summed E-state index contributed by atoms with van der Waals surface area (Å²) in [6, 6.07) is 6.11. The lowest BCUT2D eigenvalue weighted by Crippen LogP contribution is -2.33. The number of ether oxygens (including phenoxy) is 1. The minimum Gasteiger partial charge on any atom is -0.387 e. The van der Waals surface area contributed by atoms with Crippen LogP contribution >= 0.6 is 23.1 Å². The summed E-state index contributed by atoms with van der Waals surface area (Å²) in [5.74, 6) is 0.384. The van der Waals surface area contributed by atoms with Gasteiger partial charge in [-0.15, -0.1) is 11.3 Å². The van der Waals surface area contributed by atoms with Gasteiger partial charge in [0, 0.05) is 17.7 Å². The van der Waals surface area contributed by atoms with Crippen molar-refractivity contribution >= 4 is 33.3 Å².